The lowest BCUT2D eigenvalue weighted by Crippen LogP contribution is -2.45. The number of hydrogen-bond donors (Lipinski definition) is 1. The molecule has 1 N–H and O–H groups in total. The Morgan fingerprint density at radius 1 is 0.979 bits per heavy atom. The fraction of sp³-hybridized carbons (Fsp3) is 0.588. The maximum Gasteiger partial charge on any atom is 0.510 e. The summed E-state index contributed by atoms with van der Waals surface area (Å²) >= 11 is 0. The third-order valence-electron chi connectivity index (χ3n) is 9.61. The van der Waals surface area contributed by atoms with Crippen LogP contribution < -0.4 is 10.1 Å². The van der Waals surface area contributed by atoms with Crippen LogP contribution in [0.5, 0.6) is 5.75 Å². The van der Waals surface area contributed by atoms with Gasteiger partial charge < -0.3 is 29.0 Å². The molecule has 2 aliphatic heterocycles. The van der Waals surface area contributed by atoms with E-state index in [2.05, 4.69) is 10.3 Å². The van der Waals surface area contributed by atoms with Gasteiger partial charge in [-0.1, -0.05) is 6.07 Å². The molecule has 3 aromatic rings. The Kier molecular flexibility index (Phi) is 10.7. The Morgan fingerprint density at radius 3 is 2.50 bits per heavy atom. The topological polar surface area (TPSA) is 145 Å². The Balaban J connectivity index is 0.965. The zero-order valence-corrected chi connectivity index (χ0v) is 28.6. The van der Waals surface area contributed by atoms with Gasteiger partial charge in [0, 0.05) is 68.5 Å². The molecule has 1 atom stereocenters. The molecule has 4 heterocycles. The zero-order chi connectivity index (χ0) is 33.7. The standard InChI is InChI=1S/C34H46N6O7S/c1-38-18-4-8-31(38)47-34(42)46-26-14-19-39(20-15-26)32(41)24-9-11-25(12-10-24)36-33-35-17-13-30(37-33)40-21-16-27-28(40)6-3-7-29(27)45-22-5-23-48(2,43)44/h3,6-7,13,16-17,21,24-26,31H,4-5,8-12,14-15,18-20,22-23H2,1-2H3,(H,35,36,37)/t24?,25?,31-/m0/s1. The zero-order valence-electron chi connectivity index (χ0n) is 27.8. The Hall–Kier alpha value is -3.91. The molecule has 3 aliphatic rings. The molecule has 1 amide bonds. The highest BCUT2D eigenvalue weighted by atomic mass is 32.2. The van der Waals surface area contributed by atoms with Crippen LogP contribution in [0, 0.1) is 5.92 Å². The van der Waals surface area contributed by atoms with E-state index >= 15 is 0 Å². The lowest BCUT2D eigenvalue weighted by atomic mass is 9.85. The van der Waals surface area contributed by atoms with Crippen molar-refractivity contribution in [2.45, 2.75) is 76.2 Å². The van der Waals surface area contributed by atoms with Crippen molar-refractivity contribution in [2.24, 2.45) is 5.92 Å². The minimum atomic E-state index is -3.03. The van der Waals surface area contributed by atoms with Crippen molar-refractivity contribution in [3.05, 3.63) is 42.7 Å². The van der Waals surface area contributed by atoms with Crippen molar-refractivity contribution < 1.29 is 32.2 Å². The first-order valence-corrected chi connectivity index (χ1v) is 19.1. The average molecular weight is 683 g/mol. The molecule has 2 saturated heterocycles. The van der Waals surface area contributed by atoms with Crippen molar-refractivity contribution in [3.8, 4) is 11.6 Å². The van der Waals surface area contributed by atoms with Crippen LogP contribution in [-0.2, 0) is 24.1 Å². The second-order valence-corrected chi connectivity index (χ2v) is 15.5. The molecule has 3 fully saturated rings. The molecule has 0 unspecified atom stereocenters. The number of rotatable bonds is 11. The number of aromatic nitrogens is 3. The second kappa shape index (κ2) is 15.1. The van der Waals surface area contributed by atoms with Gasteiger partial charge in [0.25, 0.3) is 0 Å². The van der Waals surface area contributed by atoms with E-state index < -0.39 is 16.0 Å². The summed E-state index contributed by atoms with van der Waals surface area (Å²) < 4.78 is 41.8. The van der Waals surface area contributed by atoms with Gasteiger partial charge in [-0.05, 0) is 76.3 Å². The first-order valence-electron chi connectivity index (χ1n) is 17.0. The molecule has 1 saturated carbocycles. The molecule has 14 heteroatoms. The van der Waals surface area contributed by atoms with Crippen LogP contribution in [0.2, 0.25) is 0 Å². The van der Waals surface area contributed by atoms with Gasteiger partial charge in [-0.3, -0.25) is 9.69 Å². The molecular formula is C34H46N6O7S. The van der Waals surface area contributed by atoms with Gasteiger partial charge in [-0.15, -0.1) is 0 Å². The van der Waals surface area contributed by atoms with Gasteiger partial charge in [0.15, 0.2) is 6.23 Å². The number of nitrogens with zero attached hydrogens (tertiary/aromatic N) is 5. The molecule has 2 aromatic heterocycles. The van der Waals surface area contributed by atoms with Gasteiger partial charge >= 0.3 is 6.16 Å². The van der Waals surface area contributed by atoms with Crippen LogP contribution in [0.1, 0.15) is 57.8 Å². The summed E-state index contributed by atoms with van der Waals surface area (Å²) in [6, 6.07) is 9.77. The molecule has 1 aromatic carbocycles. The molecule has 0 spiro atoms. The molecule has 260 valence electrons. The maximum absolute atomic E-state index is 13.3. The first-order chi connectivity index (χ1) is 23.1. The van der Waals surface area contributed by atoms with Crippen molar-refractivity contribution in [1.82, 2.24) is 24.3 Å². The smallest absolute Gasteiger partial charge is 0.493 e. The predicted octanol–water partition coefficient (Wildman–Crippen LogP) is 4.40. The predicted molar refractivity (Wildman–Crippen MR) is 181 cm³/mol. The van der Waals surface area contributed by atoms with Gasteiger partial charge in [0.05, 0.1) is 17.9 Å². The van der Waals surface area contributed by atoms with Crippen LogP contribution in [0.3, 0.4) is 0 Å². The molecule has 13 nitrogen and oxygen atoms in total. The number of amides is 1. The summed E-state index contributed by atoms with van der Waals surface area (Å²) in [5.41, 5.74) is 0.923. The van der Waals surface area contributed by atoms with Crippen LogP contribution in [0.25, 0.3) is 16.7 Å². The van der Waals surface area contributed by atoms with Crippen molar-refractivity contribution in [1.29, 1.82) is 0 Å². The van der Waals surface area contributed by atoms with Crippen LogP contribution in [-0.4, -0.2) is 108 Å². The van der Waals surface area contributed by atoms with E-state index in [4.69, 9.17) is 19.2 Å². The van der Waals surface area contributed by atoms with Gasteiger partial charge in [0.1, 0.15) is 27.5 Å². The summed E-state index contributed by atoms with van der Waals surface area (Å²) in [6.07, 6.45) is 10.7. The molecule has 48 heavy (non-hydrogen) atoms. The highest BCUT2D eigenvalue weighted by Gasteiger charge is 2.33. The Bertz CT molecular complexity index is 1680. The van der Waals surface area contributed by atoms with Gasteiger partial charge in [-0.2, -0.15) is 4.98 Å². The van der Waals surface area contributed by atoms with Crippen LogP contribution in [0.15, 0.2) is 42.7 Å². The van der Waals surface area contributed by atoms with Crippen molar-refractivity contribution in [3.63, 3.8) is 0 Å². The minimum absolute atomic E-state index is 0.00957. The number of carbonyl (C=O) groups is 2. The molecule has 0 bridgehead atoms. The van der Waals surface area contributed by atoms with E-state index in [1.807, 2.05) is 57.9 Å². The van der Waals surface area contributed by atoms with E-state index in [0.717, 1.165) is 56.0 Å². The SMILES string of the molecule is CN1CCC[C@@H]1OC(=O)OC1CCN(C(=O)C2CCC(Nc3nccc(-n4ccc5c(OCCCS(C)(=O)=O)cccc54)n3)CC2)CC1. The summed E-state index contributed by atoms with van der Waals surface area (Å²) in [5, 5.41) is 4.40. The lowest BCUT2D eigenvalue weighted by molar-refractivity contribution is -0.139. The third kappa shape index (κ3) is 8.56. The van der Waals surface area contributed by atoms with E-state index in [0.29, 0.717) is 56.5 Å². The monoisotopic (exact) mass is 682 g/mol. The number of carbonyl (C=O) groups excluding carboxylic acids is 2. The van der Waals surface area contributed by atoms with E-state index in [-0.39, 0.29) is 36.0 Å². The lowest BCUT2D eigenvalue weighted by Gasteiger charge is -2.36. The number of anilines is 1. The van der Waals surface area contributed by atoms with Crippen molar-refractivity contribution in [2.75, 3.05) is 50.6 Å². The maximum atomic E-state index is 13.3. The Morgan fingerprint density at radius 2 is 1.77 bits per heavy atom. The minimum Gasteiger partial charge on any atom is -0.493 e. The summed E-state index contributed by atoms with van der Waals surface area (Å²) in [5.74, 6) is 2.23. The fourth-order valence-corrected chi connectivity index (χ4v) is 7.59. The summed E-state index contributed by atoms with van der Waals surface area (Å²) in [7, 11) is -1.08. The highest BCUT2D eigenvalue weighted by molar-refractivity contribution is 7.90. The molecular weight excluding hydrogens is 636 g/mol. The van der Waals surface area contributed by atoms with E-state index in [1.165, 1.54) is 6.26 Å². The van der Waals surface area contributed by atoms with E-state index in [9.17, 15) is 18.0 Å². The van der Waals surface area contributed by atoms with Gasteiger partial charge in [0.2, 0.25) is 11.9 Å². The number of hydrogen-bond acceptors (Lipinski definition) is 11. The van der Waals surface area contributed by atoms with Crippen LogP contribution in [0.4, 0.5) is 10.7 Å². The number of ether oxygens (including phenoxy) is 3. The van der Waals surface area contributed by atoms with Gasteiger partial charge in [-0.25, -0.2) is 18.2 Å². The number of fused-ring (bicyclic) bond motifs is 1. The number of piperidine rings is 1. The summed E-state index contributed by atoms with van der Waals surface area (Å²) in [6.45, 7) is 2.41. The average Bonchev–Trinajstić information content (AvgIpc) is 3.69. The van der Waals surface area contributed by atoms with E-state index in [1.54, 1.807) is 6.20 Å². The normalized spacial score (nSPS) is 22.5. The Labute approximate surface area is 281 Å². The third-order valence-corrected chi connectivity index (χ3v) is 10.6. The molecule has 0 radical (unpaired) electrons. The number of benzene rings is 1. The second-order valence-electron chi connectivity index (χ2n) is 13.2. The first kappa shape index (κ1) is 34.0. The van der Waals surface area contributed by atoms with Crippen LogP contribution >= 0.6 is 0 Å². The fourth-order valence-electron chi connectivity index (χ4n) is 6.94. The molecule has 1 aliphatic carbocycles. The quantitative estimate of drug-likeness (QED) is 0.227. The largest absolute Gasteiger partial charge is 0.510 e. The summed E-state index contributed by atoms with van der Waals surface area (Å²) in [4.78, 5) is 38.8. The van der Waals surface area contributed by atoms with Crippen molar-refractivity contribution >= 4 is 38.8 Å². The number of sulfone groups is 1. The molecule has 6 rings (SSSR count). The number of nitrogens with one attached hydrogen (secondary N) is 1. The highest BCUT2D eigenvalue weighted by Crippen LogP contribution is 2.31. The number of likely N-dealkylation sites (tertiary alicyclic amines) is 2.